The Bertz CT molecular complexity index is 1400. The van der Waals surface area contributed by atoms with Gasteiger partial charge in [0.1, 0.15) is 13.2 Å². The van der Waals surface area contributed by atoms with Gasteiger partial charge in [-0.1, -0.05) is 72.8 Å². The minimum absolute atomic E-state index is 0.111. The van der Waals surface area contributed by atoms with E-state index in [1.807, 2.05) is 99.6 Å². The van der Waals surface area contributed by atoms with Crippen LogP contribution in [0.25, 0.3) is 0 Å². The molecule has 0 heterocycles. The quantitative estimate of drug-likeness (QED) is 0.210. The summed E-state index contributed by atoms with van der Waals surface area (Å²) < 4.78 is 24.4. The molecule has 0 aromatic heterocycles. The molecule has 4 aromatic rings. The second-order valence-electron chi connectivity index (χ2n) is 9.52. The number of para-hydroxylation sites is 1. The molecule has 202 valence electrons. The molecule has 0 aliphatic rings. The van der Waals surface area contributed by atoms with E-state index in [0.717, 1.165) is 16.7 Å². The molecule has 0 aliphatic carbocycles. The molecule has 0 saturated carbocycles. The van der Waals surface area contributed by atoms with Crippen molar-refractivity contribution in [2.24, 2.45) is 0 Å². The molecule has 0 aliphatic heterocycles. The predicted molar refractivity (Wildman–Crippen MR) is 151 cm³/mol. The Kier molecular flexibility index (Phi) is 9.10. The Hall–Kier alpha value is -4.45. The summed E-state index contributed by atoms with van der Waals surface area (Å²) in [5.74, 6) is 1.05. The lowest BCUT2D eigenvalue weighted by atomic mass is 9.95. The van der Waals surface area contributed by atoms with Gasteiger partial charge in [0.2, 0.25) is 0 Å². The van der Waals surface area contributed by atoms with E-state index < -0.39 is 5.97 Å². The van der Waals surface area contributed by atoms with Crippen molar-refractivity contribution in [2.45, 2.75) is 46.5 Å². The summed E-state index contributed by atoms with van der Waals surface area (Å²) >= 11 is 0. The Morgan fingerprint density at radius 2 is 1.41 bits per heavy atom. The van der Waals surface area contributed by atoms with Crippen LogP contribution in [-0.4, -0.2) is 24.3 Å². The summed E-state index contributed by atoms with van der Waals surface area (Å²) in [5, 5.41) is 10.1. The van der Waals surface area contributed by atoms with Gasteiger partial charge in [0.25, 0.3) is 0 Å². The van der Waals surface area contributed by atoms with Crippen molar-refractivity contribution in [3.05, 3.63) is 118 Å². The second kappa shape index (κ2) is 12.9. The van der Waals surface area contributed by atoms with Crippen molar-refractivity contribution in [2.75, 3.05) is 7.11 Å². The molecule has 0 bridgehead atoms. The maximum Gasteiger partial charge on any atom is 0.336 e. The summed E-state index contributed by atoms with van der Waals surface area (Å²) in [7, 11) is 1.53. The number of hydrogen-bond acceptors (Lipinski definition) is 5. The molecular weight excluding hydrogens is 492 g/mol. The van der Waals surface area contributed by atoms with E-state index in [9.17, 15) is 9.90 Å². The van der Waals surface area contributed by atoms with Crippen LogP contribution in [0.15, 0.2) is 84.9 Å². The Morgan fingerprint density at radius 3 is 1.97 bits per heavy atom. The van der Waals surface area contributed by atoms with E-state index in [2.05, 4.69) is 0 Å². The summed E-state index contributed by atoms with van der Waals surface area (Å²) in [6.07, 6.45) is 0.132. The standard InChI is InChI=1S/C33H34O6/c1-22(2)39-30-23(3)18-28(33(34)35)27(32(30)36-4)19-26-16-11-17-29(37-20-24-12-7-5-8-13-24)31(26)38-21-25-14-9-6-10-15-25/h5-18,22H,19-21H2,1-4H3,(H,34,35). The molecule has 4 aromatic carbocycles. The number of rotatable bonds is 12. The topological polar surface area (TPSA) is 74.2 Å². The van der Waals surface area contributed by atoms with Crippen LogP contribution in [0, 0.1) is 6.92 Å². The van der Waals surface area contributed by atoms with Crippen molar-refractivity contribution < 1.29 is 28.8 Å². The van der Waals surface area contributed by atoms with Crippen LogP contribution < -0.4 is 18.9 Å². The third-order valence-electron chi connectivity index (χ3n) is 6.20. The zero-order valence-electron chi connectivity index (χ0n) is 22.8. The van der Waals surface area contributed by atoms with E-state index in [1.54, 1.807) is 6.07 Å². The third-order valence-corrected chi connectivity index (χ3v) is 6.20. The van der Waals surface area contributed by atoms with Gasteiger partial charge in [-0.05, 0) is 49.6 Å². The normalized spacial score (nSPS) is 10.8. The van der Waals surface area contributed by atoms with Gasteiger partial charge in [-0.2, -0.15) is 0 Å². The highest BCUT2D eigenvalue weighted by atomic mass is 16.5. The van der Waals surface area contributed by atoms with Gasteiger partial charge in [0.05, 0.1) is 18.8 Å². The van der Waals surface area contributed by atoms with Crippen molar-refractivity contribution in [1.29, 1.82) is 0 Å². The first-order valence-corrected chi connectivity index (χ1v) is 12.9. The van der Waals surface area contributed by atoms with Gasteiger partial charge in [-0.15, -0.1) is 0 Å². The fourth-order valence-corrected chi connectivity index (χ4v) is 4.41. The molecule has 0 spiro atoms. The van der Waals surface area contributed by atoms with E-state index >= 15 is 0 Å². The highest BCUT2D eigenvalue weighted by molar-refractivity contribution is 5.91. The Labute approximate surface area is 229 Å². The number of benzene rings is 4. The molecule has 0 fully saturated rings. The van der Waals surface area contributed by atoms with Gasteiger partial charge < -0.3 is 24.1 Å². The largest absolute Gasteiger partial charge is 0.493 e. The van der Waals surface area contributed by atoms with E-state index in [-0.39, 0.29) is 18.1 Å². The molecule has 39 heavy (non-hydrogen) atoms. The SMILES string of the molecule is COc1c(Cc2cccc(OCc3ccccc3)c2OCc2ccccc2)c(C(=O)O)cc(C)c1OC(C)C. The molecular formula is C33H34O6. The highest BCUT2D eigenvalue weighted by Gasteiger charge is 2.25. The number of ether oxygens (including phenoxy) is 4. The van der Waals surface area contributed by atoms with Crippen molar-refractivity contribution in [1.82, 2.24) is 0 Å². The first-order valence-electron chi connectivity index (χ1n) is 12.9. The fourth-order valence-electron chi connectivity index (χ4n) is 4.41. The molecule has 0 atom stereocenters. The number of methoxy groups -OCH3 is 1. The van der Waals surface area contributed by atoms with Crippen LogP contribution in [0.2, 0.25) is 0 Å². The van der Waals surface area contributed by atoms with Crippen molar-refractivity contribution in [3.8, 4) is 23.0 Å². The lowest BCUT2D eigenvalue weighted by Gasteiger charge is -2.22. The number of carbonyl (C=O) groups is 1. The smallest absolute Gasteiger partial charge is 0.336 e. The molecule has 4 rings (SSSR count). The maximum atomic E-state index is 12.3. The van der Waals surface area contributed by atoms with Crippen LogP contribution in [0.3, 0.4) is 0 Å². The fraction of sp³-hybridized carbons (Fsp3) is 0.242. The zero-order chi connectivity index (χ0) is 27.8. The van der Waals surface area contributed by atoms with E-state index in [0.29, 0.717) is 47.3 Å². The highest BCUT2D eigenvalue weighted by Crippen LogP contribution is 2.42. The summed E-state index contributed by atoms with van der Waals surface area (Å²) in [6, 6.07) is 27.1. The second-order valence-corrected chi connectivity index (χ2v) is 9.52. The first-order chi connectivity index (χ1) is 18.9. The monoisotopic (exact) mass is 526 g/mol. The molecule has 1 N–H and O–H groups in total. The molecule has 0 radical (unpaired) electrons. The number of hydrogen-bond donors (Lipinski definition) is 1. The van der Waals surface area contributed by atoms with Crippen LogP contribution in [-0.2, 0) is 19.6 Å². The van der Waals surface area contributed by atoms with E-state index in [1.165, 1.54) is 7.11 Å². The zero-order valence-corrected chi connectivity index (χ0v) is 22.8. The lowest BCUT2D eigenvalue weighted by molar-refractivity contribution is 0.0695. The van der Waals surface area contributed by atoms with Gasteiger partial charge in [-0.3, -0.25) is 0 Å². The van der Waals surface area contributed by atoms with Crippen LogP contribution in [0.4, 0.5) is 0 Å². The summed E-state index contributed by atoms with van der Waals surface area (Å²) in [5.41, 5.74) is 4.17. The molecule has 6 heteroatoms. The van der Waals surface area contributed by atoms with Crippen molar-refractivity contribution >= 4 is 5.97 Å². The minimum atomic E-state index is -1.04. The van der Waals surface area contributed by atoms with E-state index in [4.69, 9.17) is 18.9 Å². The van der Waals surface area contributed by atoms with Gasteiger partial charge >= 0.3 is 5.97 Å². The number of carboxylic acids is 1. The summed E-state index contributed by atoms with van der Waals surface area (Å²) in [6.45, 7) is 6.37. The maximum absolute atomic E-state index is 12.3. The van der Waals surface area contributed by atoms with Gasteiger partial charge in [0.15, 0.2) is 23.0 Å². The average molecular weight is 527 g/mol. The molecule has 0 amide bonds. The van der Waals surface area contributed by atoms with Crippen molar-refractivity contribution in [3.63, 3.8) is 0 Å². The number of aryl methyl sites for hydroxylation is 1. The average Bonchev–Trinajstić information content (AvgIpc) is 2.93. The summed E-state index contributed by atoms with van der Waals surface area (Å²) in [4.78, 5) is 12.3. The Balaban J connectivity index is 1.77. The lowest BCUT2D eigenvalue weighted by Crippen LogP contribution is -2.13. The Morgan fingerprint density at radius 1 is 0.795 bits per heavy atom. The van der Waals surface area contributed by atoms with Gasteiger partial charge in [-0.25, -0.2) is 4.79 Å². The molecule has 0 unspecified atom stereocenters. The predicted octanol–water partition coefficient (Wildman–Crippen LogP) is 7.24. The minimum Gasteiger partial charge on any atom is -0.493 e. The van der Waals surface area contributed by atoms with Crippen LogP contribution in [0.5, 0.6) is 23.0 Å². The van der Waals surface area contributed by atoms with Gasteiger partial charge in [0, 0.05) is 17.5 Å². The molecule has 6 nitrogen and oxygen atoms in total. The van der Waals surface area contributed by atoms with Crippen LogP contribution >= 0.6 is 0 Å². The van der Waals surface area contributed by atoms with Crippen LogP contribution in [0.1, 0.15) is 52.0 Å². The third kappa shape index (κ3) is 6.90. The first kappa shape index (κ1) is 27.6. The number of aromatic carboxylic acids is 1. The molecule has 0 saturated heterocycles. The number of carboxylic acid groups (broad SMARTS) is 1.